The second-order valence-electron chi connectivity index (χ2n) is 7.86. The first kappa shape index (κ1) is 21.2. The molecule has 1 aromatic carbocycles. The van der Waals surface area contributed by atoms with Crippen LogP contribution < -0.4 is 5.32 Å². The number of carboxylic acids is 1. The molecule has 7 heteroatoms. The number of hydrogen-bond acceptors (Lipinski definition) is 4. The Balaban J connectivity index is 2.27. The van der Waals surface area contributed by atoms with Gasteiger partial charge in [-0.25, -0.2) is 0 Å². The minimum atomic E-state index is -0.820. The van der Waals surface area contributed by atoms with Gasteiger partial charge in [-0.15, -0.1) is 0 Å². The van der Waals surface area contributed by atoms with Gasteiger partial charge in [0.05, 0.1) is 11.2 Å². The van der Waals surface area contributed by atoms with Gasteiger partial charge in [-0.05, 0) is 50.7 Å². The highest BCUT2D eigenvalue weighted by Gasteiger charge is 2.52. The zero-order valence-corrected chi connectivity index (χ0v) is 16.7. The molecular weight excluding hydrogens is 345 g/mol. The number of nitrogens with one attached hydrogen (secondary N) is 1. The molecule has 1 aromatic rings. The van der Waals surface area contributed by atoms with Crippen LogP contribution in [-0.2, 0) is 25.3 Å². The highest BCUT2D eigenvalue weighted by Crippen LogP contribution is 2.38. The molecule has 0 atom stereocenters. The maximum absolute atomic E-state index is 11.4. The van der Waals surface area contributed by atoms with Crippen LogP contribution in [-0.4, -0.2) is 41.8 Å². The van der Waals surface area contributed by atoms with Gasteiger partial charge >= 0.3 is 13.1 Å². The first-order chi connectivity index (χ1) is 12.5. The molecule has 6 nitrogen and oxygen atoms in total. The Kier molecular flexibility index (Phi) is 6.49. The van der Waals surface area contributed by atoms with Gasteiger partial charge in [-0.3, -0.25) is 9.59 Å². The smallest absolute Gasteiger partial charge is 0.481 e. The van der Waals surface area contributed by atoms with Gasteiger partial charge in [-0.2, -0.15) is 0 Å². The summed E-state index contributed by atoms with van der Waals surface area (Å²) >= 11 is 0. The quantitative estimate of drug-likeness (QED) is 0.718. The van der Waals surface area contributed by atoms with Crippen molar-refractivity contribution in [3.8, 4) is 0 Å². The Labute approximate surface area is 161 Å². The van der Waals surface area contributed by atoms with Crippen LogP contribution in [0.25, 0.3) is 6.08 Å². The third-order valence-corrected chi connectivity index (χ3v) is 5.03. The van der Waals surface area contributed by atoms with Gasteiger partial charge < -0.3 is 19.7 Å². The van der Waals surface area contributed by atoms with Crippen molar-refractivity contribution in [1.29, 1.82) is 0 Å². The van der Waals surface area contributed by atoms with Crippen LogP contribution in [0.1, 0.15) is 52.2 Å². The molecule has 2 N–H and O–H groups in total. The van der Waals surface area contributed by atoms with Crippen LogP contribution in [0.4, 0.5) is 0 Å². The molecule has 1 amide bonds. The van der Waals surface area contributed by atoms with E-state index in [1.165, 1.54) is 6.92 Å². The molecule has 2 rings (SSSR count). The summed E-state index contributed by atoms with van der Waals surface area (Å²) in [5.74, 6) is -0.952. The Hall–Kier alpha value is -2.12. The van der Waals surface area contributed by atoms with Crippen molar-refractivity contribution < 1.29 is 24.0 Å². The van der Waals surface area contributed by atoms with E-state index in [0.29, 0.717) is 13.0 Å². The van der Waals surface area contributed by atoms with Gasteiger partial charge in [0.15, 0.2) is 0 Å². The summed E-state index contributed by atoms with van der Waals surface area (Å²) in [6.45, 7) is 9.70. The average molecular weight is 373 g/mol. The van der Waals surface area contributed by atoms with Crippen molar-refractivity contribution in [3.63, 3.8) is 0 Å². The van der Waals surface area contributed by atoms with Crippen LogP contribution in [0, 0.1) is 0 Å². The number of carboxylic acid groups (broad SMARTS) is 1. The molecule has 0 unspecified atom stereocenters. The number of aliphatic carboxylic acids is 1. The Morgan fingerprint density at radius 3 is 2.37 bits per heavy atom. The summed E-state index contributed by atoms with van der Waals surface area (Å²) in [5, 5.41) is 11.7. The number of carbonyl (C=O) groups is 2. The third kappa shape index (κ3) is 5.68. The number of aryl methyl sites for hydroxylation is 1. The lowest BCUT2D eigenvalue weighted by Gasteiger charge is -2.32. The molecular formula is C20H28BNO5. The number of benzene rings is 1. The van der Waals surface area contributed by atoms with Crippen molar-refractivity contribution in [2.24, 2.45) is 0 Å². The van der Waals surface area contributed by atoms with E-state index in [1.54, 1.807) is 0 Å². The van der Waals surface area contributed by atoms with E-state index in [1.807, 2.05) is 58.0 Å². The zero-order chi connectivity index (χ0) is 20.2. The number of hydrogen-bond donors (Lipinski definition) is 2. The molecule has 1 fully saturated rings. The molecule has 1 saturated heterocycles. The fraction of sp³-hybridized carbons (Fsp3) is 0.500. The van der Waals surface area contributed by atoms with E-state index < -0.39 is 24.3 Å². The summed E-state index contributed by atoms with van der Waals surface area (Å²) in [7, 11) is -0.565. The molecule has 0 aliphatic carbocycles. The van der Waals surface area contributed by atoms with Gasteiger partial charge in [-0.1, -0.05) is 30.3 Å². The van der Waals surface area contributed by atoms with Crippen molar-refractivity contribution in [2.75, 3.05) is 6.54 Å². The van der Waals surface area contributed by atoms with Crippen molar-refractivity contribution in [3.05, 3.63) is 40.9 Å². The summed E-state index contributed by atoms with van der Waals surface area (Å²) < 4.78 is 12.2. The number of carbonyl (C=O) groups excluding carboxylic acids is 1. The lowest BCUT2D eigenvalue weighted by molar-refractivity contribution is -0.137. The van der Waals surface area contributed by atoms with E-state index in [2.05, 4.69) is 5.32 Å². The second kappa shape index (κ2) is 8.27. The van der Waals surface area contributed by atoms with Gasteiger partial charge in [0.1, 0.15) is 0 Å². The lowest BCUT2D eigenvalue weighted by Crippen LogP contribution is -2.41. The van der Waals surface area contributed by atoms with Crippen LogP contribution in [0.15, 0.2) is 29.7 Å². The fourth-order valence-electron chi connectivity index (χ4n) is 2.73. The van der Waals surface area contributed by atoms with Crippen LogP contribution in [0.2, 0.25) is 0 Å². The van der Waals surface area contributed by atoms with Crippen molar-refractivity contribution in [2.45, 2.75) is 58.7 Å². The topological polar surface area (TPSA) is 84.9 Å². The molecule has 146 valence electrons. The average Bonchev–Trinajstić information content (AvgIpc) is 2.77. The van der Waals surface area contributed by atoms with E-state index in [9.17, 15) is 9.59 Å². The normalized spacial score (nSPS) is 18.4. The predicted octanol–water partition coefficient (Wildman–Crippen LogP) is 2.85. The van der Waals surface area contributed by atoms with Gasteiger partial charge in [0.2, 0.25) is 5.91 Å². The summed E-state index contributed by atoms with van der Waals surface area (Å²) in [4.78, 5) is 22.2. The van der Waals surface area contributed by atoms with Crippen molar-refractivity contribution >= 4 is 25.1 Å². The maximum Gasteiger partial charge on any atom is 0.492 e. The summed E-state index contributed by atoms with van der Waals surface area (Å²) in [6, 6.07) is 7.68. The minimum absolute atomic E-state index is 0.0865. The first-order valence-electron chi connectivity index (χ1n) is 9.11. The third-order valence-electron chi connectivity index (χ3n) is 5.03. The zero-order valence-electron chi connectivity index (χ0n) is 16.7. The molecule has 0 aromatic heterocycles. The lowest BCUT2D eigenvalue weighted by atomic mass is 9.77. The van der Waals surface area contributed by atoms with E-state index in [4.69, 9.17) is 14.4 Å². The molecule has 1 heterocycles. The molecule has 1 aliphatic heterocycles. The number of rotatable bonds is 7. The monoisotopic (exact) mass is 373 g/mol. The molecule has 1 aliphatic rings. The fourth-order valence-corrected chi connectivity index (χ4v) is 2.73. The van der Waals surface area contributed by atoms with Gasteiger partial charge in [0, 0.05) is 19.9 Å². The summed E-state index contributed by atoms with van der Waals surface area (Å²) in [5.41, 5.74) is 1.71. The molecule has 0 saturated carbocycles. The van der Waals surface area contributed by atoms with Crippen LogP contribution in [0.5, 0.6) is 0 Å². The predicted molar refractivity (Wildman–Crippen MR) is 105 cm³/mol. The van der Waals surface area contributed by atoms with Crippen molar-refractivity contribution in [1.82, 2.24) is 5.32 Å². The Bertz CT molecular complexity index is 726. The molecule has 0 radical (unpaired) electrons. The maximum atomic E-state index is 11.4. The van der Waals surface area contributed by atoms with E-state index in [0.717, 1.165) is 16.6 Å². The summed E-state index contributed by atoms with van der Waals surface area (Å²) in [6.07, 6.45) is 2.49. The minimum Gasteiger partial charge on any atom is -0.481 e. The Morgan fingerprint density at radius 2 is 1.81 bits per heavy atom. The van der Waals surface area contributed by atoms with Gasteiger partial charge in [0.25, 0.3) is 0 Å². The Morgan fingerprint density at radius 1 is 1.19 bits per heavy atom. The standard InChI is InChI=1S/C20H28BNO5/c1-14(23)22-13-17(21-26-19(2,3)20(4,5)27-21)12-16-8-6-7-15(11-16)9-10-18(24)25/h6-8,11-12H,9-10,13H2,1-5H3,(H,22,23)(H,24,25). The van der Waals surface area contributed by atoms with E-state index in [-0.39, 0.29) is 12.3 Å². The highest BCUT2D eigenvalue weighted by atomic mass is 16.7. The second-order valence-corrected chi connectivity index (χ2v) is 7.86. The molecule has 0 spiro atoms. The molecule has 0 bridgehead atoms. The largest absolute Gasteiger partial charge is 0.492 e. The highest BCUT2D eigenvalue weighted by molar-refractivity contribution is 6.56. The number of amides is 1. The molecule has 27 heavy (non-hydrogen) atoms. The van der Waals surface area contributed by atoms with Crippen LogP contribution in [0.3, 0.4) is 0 Å². The first-order valence-corrected chi connectivity index (χ1v) is 9.11. The van der Waals surface area contributed by atoms with E-state index >= 15 is 0 Å². The van der Waals surface area contributed by atoms with Crippen LogP contribution >= 0.6 is 0 Å². The SMILES string of the molecule is CC(=O)NCC(=Cc1cccc(CCC(=O)O)c1)B1OC(C)(C)C(C)(C)O1.